The summed E-state index contributed by atoms with van der Waals surface area (Å²) >= 11 is 0. The summed E-state index contributed by atoms with van der Waals surface area (Å²) in [4.78, 5) is 11.4. The highest BCUT2D eigenvalue weighted by Gasteiger charge is 2.21. The van der Waals surface area contributed by atoms with Gasteiger partial charge in [0.05, 0.1) is 27.5 Å². The number of fused-ring (bicyclic) bond motifs is 7. The van der Waals surface area contributed by atoms with Crippen molar-refractivity contribution >= 4 is 49.7 Å². The molecule has 7 aromatic rings. The van der Waals surface area contributed by atoms with E-state index in [2.05, 4.69) is 0 Å². The van der Waals surface area contributed by atoms with Gasteiger partial charge in [-0.15, -0.1) is 0 Å². The van der Waals surface area contributed by atoms with Crippen molar-refractivity contribution in [2.45, 2.75) is 9.79 Å². The molecule has 0 saturated heterocycles. The molecule has 0 aliphatic heterocycles. The first-order chi connectivity index (χ1) is 16.8. The lowest BCUT2D eigenvalue weighted by Crippen LogP contribution is -1.95. The molecule has 6 heteroatoms. The number of pyridine rings is 1. The Morgan fingerprint density at radius 2 is 1.50 bits per heavy atom. The lowest BCUT2D eigenvalue weighted by Gasteiger charge is -2.09. The molecule has 34 heavy (non-hydrogen) atoms. The van der Waals surface area contributed by atoms with Gasteiger partial charge in [0, 0.05) is 20.7 Å². The Bertz CT molecular complexity index is 1880. The predicted molar refractivity (Wildman–Crippen MR) is 134 cm³/mol. The van der Waals surface area contributed by atoms with Crippen molar-refractivity contribution in [1.29, 1.82) is 0 Å². The summed E-state index contributed by atoms with van der Waals surface area (Å²) in [5, 5.41) is 0.966. The molecule has 162 valence electrons. The maximum atomic E-state index is 13.3. The minimum atomic E-state index is -1.29. The highest BCUT2D eigenvalue weighted by Crippen LogP contribution is 2.36. The molecule has 3 aromatic heterocycles. The van der Waals surface area contributed by atoms with Crippen molar-refractivity contribution in [3.63, 3.8) is 0 Å². The molecular formula is C28H17N3O2S. The van der Waals surface area contributed by atoms with Gasteiger partial charge in [-0.1, -0.05) is 60.7 Å². The van der Waals surface area contributed by atoms with Crippen LogP contribution in [0.15, 0.2) is 117 Å². The molecule has 0 spiro atoms. The highest BCUT2D eigenvalue weighted by atomic mass is 32.2. The number of rotatable bonds is 3. The van der Waals surface area contributed by atoms with Crippen LogP contribution in [0.25, 0.3) is 50.1 Å². The van der Waals surface area contributed by atoms with Crippen molar-refractivity contribution < 1.29 is 8.63 Å². The standard InChI is InChI=1S/C28H17N3O2S/c32-34(19-10-2-1-3-11-19)20-12-8-9-18(17-20)25-27-26(21-13-4-5-14-22(21)29-25)30-28-31(27)23-15-6-7-16-24(23)33-28/h1-17H. The van der Waals surface area contributed by atoms with Gasteiger partial charge in [0.2, 0.25) is 0 Å². The van der Waals surface area contributed by atoms with E-state index in [1.54, 1.807) is 0 Å². The van der Waals surface area contributed by atoms with Gasteiger partial charge in [0.25, 0.3) is 0 Å². The molecule has 0 radical (unpaired) electrons. The first-order valence-electron chi connectivity index (χ1n) is 10.9. The molecule has 0 amide bonds. The SMILES string of the molecule is O=S(c1ccccc1)c1cccc(-c2nc3ccccc3c3nc4oc5ccccc5n4c23)c1. The van der Waals surface area contributed by atoms with E-state index in [0.717, 1.165) is 54.1 Å². The third kappa shape index (κ3) is 2.82. The monoisotopic (exact) mass is 459 g/mol. The Morgan fingerprint density at radius 1 is 0.735 bits per heavy atom. The van der Waals surface area contributed by atoms with Crippen molar-refractivity contribution in [3.8, 4) is 11.3 Å². The molecule has 0 bridgehead atoms. The second kappa shape index (κ2) is 7.37. The van der Waals surface area contributed by atoms with Crippen LogP contribution in [-0.4, -0.2) is 18.6 Å². The van der Waals surface area contributed by atoms with Crippen LogP contribution in [-0.2, 0) is 10.8 Å². The zero-order valence-electron chi connectivity index (χ0n) is 17.9. The molecule has 5 nitrogen and oxygen atoms in total. The van der Waals surface area contributed by atoms with E-state index < -0.39 is 10.8 Å². The van der Waals surface area contributed by atoms with E-state index in [1.807, 2.05) is 108 Å². The van der Waals surface area contributed by atoms with Crippen LogP contribution in [0.2, 0.25) is 0 Å². The fourth-order valence-electron chi connectivity index (χ4n) is 4.51. The average molecular weight is 460 g/mol. The molecule has 7 rings (SSSR count). The fourth-order valence-corrected chi connectivity index (χ4v) is 5.62. The Hall–Kier alpha value is -4.29. The first-order valence-corrected chi connectivity index (χ1v) is 12.1. The topological polar surface area (TPSA) is 60.4 Å². The summed E-state index contributed by atoms with van der Waals surface area (Å²) in [6.07, 6.45) is 0. The Labute approximate surface area is 196 Å². The van der Waals surface area contributed by atoms with Crippen LogP contribution in [0.3, 0.4) is 0 Å². The van der Waals surface area contributed by atoms with Crippen LogP contribution in [0, 0.1) is 0 Å². The van der Waals surface area contributed by atoms with E-state index >= 15 is 0 Å². The van der Waals surface area contributed by atoms with Crippen LogP contribution in [0.4, 0.5) is 0 Å². The number of nitrogens with zero attached hydrogens (tertiary/aromatic N) is 3. The summed E-state index contributed by atoms with van der Waals surface area (Å²) in [7, 11) is -1.29. The zero-order chi connectivity index (χ0) is 22.6. The normalized spacial score (nSPS) is 12.7. The van der Waals surface area contributed by atoms with Crippen LogP contribution >= 0.6 is 0 Å². The average Bonchev–Trinajstić information content (AvgIpc) is 3.45. The van der Waals surface area contributed by atoms with Gasteiger partial charge in [-0.05, 0) is 42.5 Å². The lowest BCUT2D eigenvalue weighted by molar-refractivity contribution is 0.643. The van der Waals surface area contributed by atoms with Crippen molar-refractivity contribution in [3.05, 3.63) is 103 Å². The summed E-state index contributed by atoms with van der Waals surface area (Å²) < 4.78 is 21.4. The third-order valence-corrected chi connectivity index (χ3v) is 7.43. The fraction of sp³-hybridized carbons (Fsp3) is 0. The van der Waals surface area contributed by atoms with Crippen LogP contribution < -0.4 is 0 Å². The van der Waals surface area contributed by atoms with Gasteiger partial charge in [0.1, 0.15) is 11.0 Å². The van der Waals surface area contributed by atoms with Gasteiger partial charge in [-0.3, -0.25) is 4.40 Å². The minimum absolute atomic E-state index is 0.527. The maximum absolute atomic E-state index is 13.3. The number of aromatic nitrogens is 3. The number of hydrogen-bond donors (Lipinski definition) is 0. The molecule has 3 heterocycles. The van der Waals surface area contributed by atoms with Gasteiger partial charge >= 0.3 is 5.84 Å². The predicted octanol–water partition coefficient (Wildman–Crippen LogP) is 6.62. The lowest BCUT2D eigenvalue weighted by atomic mass is 10.1. The molecule has 0 fully saturated rings. The van der Waals surface area contributed by atoms with Crippen LogP contribution in [0.1, 0.15) is 0 Å². The van der Waals surface area contributed by atoms with Crippen molar-refractivity contribution in [2.75, 3.05) is 0 Å². The van der Waals surface area contributed by atoms with E-state index in [0.29, 0.717) is 5.84 Å². The number of para-hydroxylation sites is 3. The molecule has 0 N–H and O–H groups in total. The summed E-state index contributed by atoms with van der Waals surface area (Å²) in [6, 6.07) is 33.2. The minimum Gasteiger partial charge on any atom is -0.423 e. The summed E-state index contributed by atoms with van der Waals surface area (Å²) in [6.45, 7) is 0. The Kier molecular flexibility index (Phi) is 4.16. The molecule has 0 saturated carbocycles. The highest BCUT2D eigenvalue weighted by molar-refractivity contribution is 7.85. The molecule has 0 aliphatic carbocycles. The van der Waals surface area contributed by atoms with Gasteiger partial charge in [-0.2, -0.15) is 4.98 Å². The first kappa shape index (κ1) is 19.2. The number of benzene rings is 4. The third-order valence-electron chi connectivity index (χ3n) is 6.05. The second-order valence-electron chi connectivity index (χ2n) is 8.08. The molecule has 0 aliphatic rings. The van der Waals surface area contributed by atoms with Gasteiger partial charge in [-0.25, -0.2) is 9.19 Å². The van der Waals surface area contributed by atoms with E-state index in [4.69, 9.17) is 14.4 Å². The molecule has 1 atom stereocenters. The maximum Gasteiger partial charge on any atom is 0.307 e. The van der Waals surface area contributed by atoms with Gasteiger partial charge in [0.15, 0.2) is 5.58 Å². The van der Waals surface area contributed by atoms with Crippen molar-refractivity contribution in [1.82, 2.24) is 14.4 Å². The Balaban J connectivity index is 1.55. The smallest absolute Gasteiger partial charge is 0.307 e. The number of hydrogen-bond acceptors (Lipinski definition) is 4. The molecule has 4 aromatic carbocycles. The molecular weight excluding hydrogens is 442 g/mol. The summed E-state index contributed by atoms with van der Waals surface area (Å²) in [5.41, 5.74) is 5.92. The molecule has 1 unspecified atom stereocenters. The zero-order valence-corrected chi connectivity index (χ0v) is 18.7. The number of oxazole rings is 1. The quantitative estimate of drug-likeness (QED) is 0.298. The van der Waals surface area contributed by atoms with E-state index in [9.17, 15) is 4.21 Å². The van der Waals surface area contributed by atoms with Gasteiger partial charge < -0.3 is 4.42 Å². The van der Waals surface area contributed by atoms with Crippen LogP contribution in [0.5, 0.6) is 0 Å². The van der Waals surface area contributed by atoms with Crippen molar-refractivity contribution in [2.24, 2.45) is 0 Å². The number of imidazole rings is 1. The second-order valence-corrected chi connectivity index (χ2v) is 9.56. The Morgan fingerprint density at radius 3 is 2.41 bits per heavy atom. The van der Waals surface area contributed by atoms with E-state index in [-0.39, 0.29) is 0 Å². The largest absolute Gasteiger partial charge is 0.423 e. The summed E-state index contributed by atoms with van der Waals surface area (Å²) in [5.74, 6) is 0.527. The van der Waals surface area contributed by atoms with E-state index in [1.165, 1.54) is 0 Å².